The highest BCUT2D eigenvalue weighted by Gasteiger charge is 2.06. The van der Waals surface area contributed by atoms with Crippen molar-refractivity contribution in [2.24, 2.45) is 0 Å². The Hall–Kier alpha value is -2.53. The van der Waals surface area contributed by atoms with Crippen LogP contribution in [-0.4, -0.2) is 12.4 Å². The van der Waals surface area contributed by atoms with Crippen molar-refractivity contribution < 1.29 is 14.3 Å². The second-order valence-corrected chi connectivity index (χ2v) is 2.52. The van der Waals surface area contributed by atoms with Gasteiger partial charge in [-0.15, -0.1) is 5.26 Å². The third-order valence-electron chi connectivity index (χ3n) is 1.61. The van der Waals surface area contributed by atoms with E-state index in [1.165, 1.54) is 36.8 Å². The Morgan fingerprint density at radius 3 is 2.40 bits per heavy atom. The molecule has 1 aromatic carbocycles. The zero-order valence-electron chi connectivity index (χ0n) is 7.64. The molecule has 0 amide bonds. The van der Waals surface area contributed by atoms with Crippen LogP contribution < -0.4 is 4.74 Å². The number of carbonyl (C=O) groups is 1. The number of Topliss-reactive ketones (excluding diaryl/α,β-unsaturated/α-hetero) is 1. The normalized spacial score (nSPS) is 8.40. The van der Waals surface area contributed by atoms with Crippen molar-refractivity contribution in [3.05, 3.63) is 29.8 Å². The number of nitrogens with zero attached hydrogens (tertiary/aromatic N) is 2. The van der Waals surface area contributed by atoms with Gasteiger partial charge in [0.2, 0.25) is 5.78 Å². The summed E-state index contributed by atoms with van der Waals surface area (Å²) in [5.41, 5.74) is 0.399. The standard InChI is InChI=1S/C10H6N2O3/c11-6-14-5-10(13)8-1-3-9(4-2-8)15-7-12/h1-4H,5H2. The number of benzene rings is 1. The average molecular weight is 202 g/mol. The van der Waals surface area contributed by atoms with Gasteiger partial charge in [0.25, 0.3) is 12.5 Å². The monoisotopic (exact) mass is 202 g/mol. The molecule has 1 rings (SSSR count). The van der Waals surface area contributed by atoms with Crippen LogP contribution in [0, 0.1) is 23.0 Å². The molecule has 0 unspecified atom stereocenters. The van der Waals surface area contributed by atoms with Crippen molar-refractivity contribution in [2.45, 2.75) is 0 Å². The third-order valence-corrected chi connectivity index (χ3v) is 1.61. The molecule has 5 nitrogen and oxygen atoms in total. The summed E-state index contributed by atoms with van der Waals surface area (Å²) >= 11 is 0. The molecule has 0 bridgehead atoms. The molecule has 0 aromatic heterocycles. The fraction of sp³-hybridized carbons (Fsp3) is 0.100. The van der Waals surface area contributed by atoms with E-state index in [9.17, 15) is 4.79 Å². The van der Waals surface area contributed by atoms with Crippen LogP contribution in [0.1, 0.15) is 10.4 Å². The van der Waals surface area contributed by atoms with E-state index in [-0.39, 0.29) is 12.4 Å². The lowest BCUT2D eigenvalue weighted by atomic mass is 10.1. The molecular weight excluding hydrogens is 196 g/mol. The SMILES string of the molecule is N#COCC(=O)c1ccc(OC#N)cc1. The van der Waals surface area contributed by atoms with Gasteiger partial charge in [0, 0.05) is 5.56 Å². The Kier molecular flexibility index (Phi) is 3.70. The third kappa shape index (κ3) is 3.02. The van der Waals surface area contributed by atoms with E-state index in [1.807, 2.05) is 0 Å². The van der Waals surface area contributed by atoms with E-state index in [0.717, 1.165) is 0 Å². The zero-order chi connectivity index (χ0) is 11.1. The van der Waals surface area contributed by atoms with Crippen LogP contribution >= 0.6 is 0 Å². The van der Waals surface area contributed by atoms with Crippen molar-refractivity contribution in [1.82, 2.24) is 0 Å². The molecule has 5 heteroatoms. The smallest absolute Gasteiger partial charge is 0.292 e. The molecule has 0 aliphatic heterocycles. The van der Waals surface area contributed by atoms with Crippen LogP contribution in [0.4, 0.5) is 0 Å². The maximum atomic E-state index is 11.3. The molecule has 0 N–H and O–H groups in total. The Balaban J connectivity index is 2.68. The fourth-order valence-corrected chi connectivity index (χ4v) is 0.943. The molecule has 74 valence electrons. The van der Waals surface area contributed by atoms with Crippen LogP contribution in [0.25, 0.3) is 0 Å². The number of nitriles is 2. The minimum Gasteiger partial charge on any atom is -0.419 e. The molecule has 0 atom stereocenters. The highest BCUT2D eigenvalue weighted by molar-refractivity contribution is 5.97. The summed E-state index contributed by atoms with van der Waals surface area (Å²) in [6.45, 7) is -0.283. The van der Waals surface area contributed by atoms with Crippen LogP contribution in [0.5, 0.6) is 5.75 Å². The lowest BCUT2D eigenvalue weighted by molar-refractivity contribution is 0.0898. The van der Waals surface area contributed by atoms with Gasteiger partial charge in [0.05, 0.1) is 0 Å². The van der Waals surface area contributed by atoms with E-state index in [0.29, 0.717) is 11.3 Å². The summed E-state index contributed by atoms with van der Waals surface area (Å²) in [4.78, 5) is 11.3. The first-order valence-corrected chi connectivity index (χ1v) is 3.98. The van der Waals surface area contributed by atoms with Crippen molar-refractivity contribution in [3.63, 3.8) is 0 Å². The molecule has 1 aromatic rings. The molecule has 0 aliphatic rings. The van der Waals surface area contributed by atoms with Crippen molar-refractivity contribution in [2.75, 3.05) is 6.61 Å². The lowest BCUT2D eigenvalue weighted by Crippen LogP contribution is -2.06. The maximum absolute atomic E-state index is 11.3. The first-order valence-electron chi connectivity index (χ1n) is 3.98. The second-order valence-electron chi connectivity index (χ2n) is 2.52. The van der Waals surface area contributed by atoms with E-state index in [4.69, 9.17) is 10.5 Å². The molecule has 0 heterocycles. The molecule has 0 fully saturated rings. The summed E-state index contributed by atoms with van der Waals surface area (Å²) < 4.78 is 8.83. The summed E-state index contributed by atoms with van der Waals surface area (Å²) in [5.74, 6) is 0.0512. The van der Waals surface area contributed by atoms with E-state index < -0.39 is 0 Å². The summed E-state index contributed by atoms with van der Waals surface area (Å²) in [5, 5.41) is 16.3. The number of ether oxygens (including phenoxy) is 2. The van der Waals surface area contributed by atoms with Gasteiger partial charge in [-0.1, -0.05) is 0 Å². The van der Waals surface area contributed by atoms with Gasteiger partial charge in [-0.2, -0.15) is 5.26 Å². The van der Waals surface area contributed by atoms with Gasteiger partial charge >= 0.3 is 0 Å². The minimum absolute atomic E-state index is 0.283. The number of carbonyl (C=O) groups excluding carboxylic acids is 1. The van der Waals surface area contributed by atoms with E-state index in [2.05, 4.69) is 9.47 Å². The Morgan fingerprint density at radius 2 is 1.87 bits per heavy atom. The highest BCUT2D eigenvalue weighted by atomic mass is 16.5. The summed E-state index contributed by atoms with van der Waals surface area (Å²) in [6.07, 6.45) is 2.93. The summed E-state index contributed by atoms with van der Waals surface area (Å²) in [7, 11) is 0. The van der Waals surface area contributed by atoms with Crippen molar-refractivity contribution >= 4 is 5.78 Å². The predicted octanol–water partition coefficient (Wildman–Crippen LogP) is 1.23. The molecule has 0 spiro atoms. The number of hydrogen-bond acceptors (Lipinski definition) is 5. The number of hydrogen-bond donors (Lipinski definition) is 0. The zero-order valence-corrected chi connectivity index (χ0v) is 7.64. The Labute approximate surface area is 86.1 Å². The van der Waals surface area contributed by atoms with Crippen molar-refractivity contribution in [1.29, 1.82) is 10.5 Å². The second kappa shape index (κ2) is 5.25. The van der Waals surface area contributed by atoms with Gasteiger partial charge < -0.3 is 9.47 Å². The predicted molar refractivity (Wildman–Crippen MR) is 48.6 cm³/mol. The van der Waals surface area contributed by atoms with Crippen LogP contribution in [0.15, 0.2) is 24.3 Å². The first-order chi connectivity index (χ1) is 7.27. The van der Waals surface area contributed by atoms with Crippen LogP contribution in [-0.2, 0) is 4.74 Å². The van der Waals surface area contributed by atoms with E-state index in [1.54, 1.807) is 0 Å². The molecule has 0 radical (unpaired) electrons. The first kappa shape index (κ1) is 10.6. The topological polar surface area (TPSA) is 83.1 Å². The minimum atomic E-state index is -0.306. The molecule has 0 saturated carbocycles. The highest BCUT2D eigenvalue weighted by Crippen LogP contribution is 2.12. The molecule has 15 heavy (non-hydrogen) atoms. The quantitative estimate of drug-likeness (QED) is 0.541. The maximum Gasteiger partial charge on any atom is 0.292 e. The average Bonchev–Trinajstić information content (AvgIpc) is 2.27. The van der Waals surface area contributed by atoms with Crippen LogP contribution in [0.2, 0.25) is 0 Å². The van der Waals surface area contributed by atoms with Crippen LogP contribution in [0.3, 0.4) is 0 Å². The molecular formula is C10H6N2O3. The Bertz CT molecular complexity index is 425. The van der Waals surface area contributed by atoms with Crippen molar-refractivity contribution in [3.8, 4) is 18.3 Å². The fourth-order valence-electron chi connectivity index (χ4n) is 0.943. The van der Waals surface area contributed by atoms with Gasteiger partial charge in [-0.25, -0.2) is 0 Å². The number of rotatable bonds is 4. The van der Waals surface area contributed by atoms with E-state index >= 15 is 0 Å². The largest absolute Gasteiger partial charge is 0.419 e. The summed E-state index contributed by atoms with van der Waals surface area (Å²) in [6, 6.07) is 5.97. The number of ketones is 1. The lowest BCUT2D eigenvalue weighted by Gasteiger charge is -1.99. The van der Waals surface area contributed by atoms with Gasteiger partial charge in [0.1, 0.15) is 5.75 Å². The Morgan fingerprint density at radius 1 is 1.20 bits per heavy atom. The van der Waals surface area contributed by atoms with Gasteiger partial charge in [0.15, 0.2) is 6.61 Å². The van der Waals surface area contributed by atoms with Gasteiger partial charge in [-0.05, 0) is 24.3 Å². The molecule has 0 saturated heterocycles. The molecule has 0 aliphatic carbocycles. The van der Waals surface area contributed by atoms with Gasteiger partial charge in [-0.3, -0.25) is 4.79 Å².